The number of piperidine rings is 1. The lowest BCUT2D eigenvalue weighted by Crippen LogP contribution is -2.59. The van der Waals surface area contributed by atoms with Crippen LogP contribution in [-0.2, 0) is 11.8 Å². The second-order valence-electron chi connectivity index (χ2n) is 7.68. The molecule has 2 heterocycles. The molecule has 2 bridgehead atoms. The molecule has 1 unspecified atom stereocenters. The predicted molar refractivity (Wildman–Crippen MR) is 96.1 cm³/mol. The zero-order valence-electron chi connectivity index (χ0n) is 15.3. The van der Waals surface area contributed by atoms with Crippen LogP contribution < -0.4 is 4.74 Å². The van der Waals surface area contributed by atoms with Gasteiger partial charge in [0.1, 0.15) is 5.75 Å². The van der Waals surface area contributed by atoms with Crippen molar-refractivity contribution in [1.82, 2.24) is 4.90 Å². The highest BCUT2D eigenvalue weighted by Gasteiger charge is 2.50. The molecular weight excluding hydrogens is 314 g/mol. The maximum atomic E-state index is 13.1. The third kappa shape index (κ3) is 2.30. The monoisotopic (exact) mass is 339 g/mol. The number of fused-ring (bicyclic) bond motifs is 4. The molecular formula is C21H25NO3. The highest BCUT2D eigenvalue weighted by Crippen LogP contribution is 2.49. The van der Waals surface area contributed by atoms with Crippen LogP contribution in [0.3, 0.4) is 0 Å². The van der Waals surface area contributed by atoms with Crippen LogP contribution in [0.1, 0.15) is 47.5 Å². The maximum Gasteiger partial charge on any atom is 0.290 e. The SMILES string of the molecule is COc1ccc2c(c1)[C@]1(C)CCN(C(=O)c3occc3C)C(C2)[C@@H]1C. The van der Waals surface area contributed by atoms with Gasteiger partial charge < -0.3 is 14.1 Å². The minimum atomic E-state index is 0.0263. The number of carbonyl (C=O) groups is 1. The highest BCUT2D eigenvalue weighted by molar-refractivity contribution is 5.93. The van der Waals surface area contributed by atoms with E-state index in [1.54, 1.807) is 13.4 Å². The van der Waals surface area contributed by atoms with Crippen molar-refractivity contribution >= 4 is 5.91 Å². The van der Waals surface area contributed by atoms with Crippen molar-refractivity contribution in [3.63, 3.8) is 0 Å². The highest BCUT2D eigenvalue weighted by atomic mass is 16.5. The van der Waals surface area contributed by atoms with Gasteiger partial charge >= 0.3 is 0 Å². The Kier molecular flexibility index (Phi) is 3.67. The quantitative estimate of drug-likeness (QED) is 0.832. The van der Waals surface area contributed by atoms with Crippen LogP contribution in [0.2, 0.25) is 0 Å². The average molecular weight is 339 g/mol. The predicted octanol–water partition coefficient (Wildman–Crippen LogP) is 3.96. The van der Waals surface area contributed by atoms with Crippen molar-refractivity contribution in [2.24, 2.45) is 5.92 Å². The largest absolute Gasteiger partial charge is 0.497 e. The van der Waals surface area contributed by atoms with E-state index in [-0.39, 0.29) is 17.4 Å². The normalized spacial score (nSPS) is 27.8. The number of rotatable bonds is 2. The molecule has 1 amide bonds. The Hall–Kier alpha value is -2.23. The Morgan fingerprint density at radius 1 is 1.36 bits per heavy atom. The molecule has 25 heavy (non-hydrogen) atoms. The van der Waals surface area contributed by atoms with Crippen LogP contribution in [0.4, 0.5) is 0 Å². The summed E-state index contributed by atoms with van der Waals surface area (Å²) >= 11 is 0. The number of ether oxygens (including phenoxy) is 1. The van der Waals surface area contributed by atoms with Crippen LogP contribution in [0.5, 0.6) is 5.75 Å². The van der Waals surface area contributed by atoms with E-state index in [4.69, 9.17) is 9.15 Å². The lowest BCUT2D eigenvalue weighted by Gasteiger charge is -2.54. The topological polar surface area (TPSA) is 42.7 Å². The molecule has 0 saturated carbocycles. The first-order chi connectivity index (χ1) is 12.0. The third-order valence-corrected chi connectivity index (χ3v) is 6.53. The number of hydrogen-bond donors (Lipinski definition) is 0. The number of benzene rings is 1. The lowest BCUT2D eigenvalue weighted by molar-refractivity contribution is 0.0225. The molecule has 0 spiro atoms. The third-order valence-electron chi connectivity index (χ3n) is 6.53. The first kappa shape index (κ1) is 16.2. The van der Waals surface area contributed by atoms with Crippen LogP contribution >= 0.6 is 0 Å². The van der Waals surface area contributed by atoms with E-state index in [2.05, 4.69) is 26.0 Å². The average Bonchev–Trinajstić information content (AvgIpc) is 3.03. The van der Waals surface area contributed by atoms with E-state index < -0.39 is 0 Å². The summed E-state index contributed by atoms with van der Waals surface area (Å²) in [6.45, 7) is 7.31. The van der Waals surface area contributed by atoms with Gasteiger partial charge in [-0.05, 0) is 60.4 Å². The first-order valence-electron chi connectivity index (χ1n) is 8.98. The second kappa shape index (κ2) is 5.65. The Morgan fingerprint density at radius 3 is 2.84 bits per heavy atom. The summed E-state index contributed by atoms with van der Waals surface area (Å²) in [7, 11) is 1.71. The lowest BCUT2D eigenvalue weighted by atomic mass is 9.59. The van der Waals surface area contributed by atoms with E-state index in [0.717, 1.165) is 30.7 Å². The van der Waals surface area contributed by atoms with Crippen LogP contribution in [0.25, 0.3) is 0 Å². The number of aryl methyl sites for hydroxylation is 1. The van der Waals surface area contributed by atoms with Gasteiger partial charge in [0.2, 0.25) is 0 Å². The molecule has 1 aliphatic carbocycles. The molecule has 4 rings (SSSR count). The molecule has 0 N–H and O–H groups in total. The van der Waals surface area contributed by atoms with E-state index >= 15 is 0 Å². The fourth-order valence-corrected chi connectivity index (χ4v) is 4.70. The van der Waals surface area contributed by atoms with E-state index in [1.807, 2.05) is 24.0 Å². The van der Waals surface area contributed by atoms with Crippen molar-refractivity contribution in [3.8, 4) is 5.75 Å². The Bertz CT molecular complexity index is 824. The van der Waals surface area contributed by atoms with Gasteiger partial charge in [-0.3, -0.25) is 4.79 Å². The smallest absolute Gasteiger partial charge is 0.290 e. The van der Waals surface area contributed by atoms with Crippen molar-refractivity contribution in [2.75, 3.05) is 13.7 Å². The number of carbonyl (C=O) groups excluding carboxylic acids is 1. The summed E-state index contributed by atoms with van der Waals surface area (Å²) in [5.74, 6) is 1.81. The second-order valence-corrected chi connectivity index (χ2v) is 7.68. The summed E-state index contributed by atoms with van der Waals surface area (Å²) in [5, 5.41) is 0. The van der Waals surface area contributed by atoms with E-state index in [1.165, 1.54) is 11.1 Å². The van der Waals surface area contributed by atoms with Crippen LogP contribution in [0, 0.1) is 12.8 Å². The fraction of sp³-hybridized carbons (Fsp3) is 0.476. The number of methoxy groups -OCH3 is 1. The molecule has 1 aromatic carbocycles. The molecule has 2 aromatic rings. The number of likely N-dealkylation sites (tertiary alicyclic amines) is 1. The molecule has 4 nitrogen and oxygen atoms in total. The molecule has 3 atom stereocenters. The van der Waals surface area contributed by atoms with Gasteiger partial charge in [-0.15, -0.1) is 0 Å². The molecule has 1 fully saturated rings. The summed E-state index contributed by atoms with van der Waals surface area (Å²) in [6, 6.07) is 8.44. The first-order valence-corrected chi connectivity index (χ1v) is 8.98. The van der Waals surface area contributed by atoms with Gasteiger partial charge in [0.15, 0.2) is 5.76 Å². The van der Waals surface area contributed by atoms with Gasteiger partial charge in [0.25, 0.3) is 5.91 Å². The maximum absolute atomic E-state index is 13.1. The minimum Gasteiger partial charge on any atom is -0.497 e. The van der Waals surface area contributed by atoms with Gasteiger partial charge in [0.05, 0.1) is 13.4 Å². The van der Waals surface area contributed by atoms with Crippen molar-refractivity contribution in [1.29, 1.82) is 0 Å². The van der Waals surface area contributed by atoms with E-state index in [9.17, 15) is 4.79 Å². The standard InChI is InChI=1S/C21H25NO3/c1-13-7-10-25-19(13)20(23)22-9-8-21(3)14(2)18(22)11-15-5-6-16(24-4)12-17(15)21/h5-7,10,12,14,18H,8-9,11H2,1-4H3/t14-,18?,21+/m0/s1. The van der Waals surface area contributed by atoms with Crippen LogP contribution in [-0.4, -0.2) is 30.5 Å². The molecule has 132 valence electrons. The molecule has 1 aliphatic heterocycles. The van der Waals surface area contributed by atoms with E-state index in [0.29, 0.717) is 11.7 Å². The summed E-state index contributed by atoms with van der Waals surface area (Å²) in [5.41, 5.74) is 3.70. The Balaban J connectivity index is 1.73. The summed E-state index contributed by atoms with van der Waals surface area (Å²) in [6.07, 6.45) is 3.44. The van der Waals surface area contributed by atoms with Crippen molar-refractivity contribution in [2.45, 2.75) is 45.1 Å². The zero-order chi connectivity index (χ0) is 17.8. The minimum absolute atomic E-state index is 0.0263. The number of furan rings is 1. The van der Waals surface area contributed by atoms with Crippen molar-refractivity contribution in [3.05, 3.63) is 53.0 Å². The summed E-state index contributed by atoms with van der Waals surface area (Å²) in [4.78, 5) is 15.1. The van der Waals surface area contributed by atoms with Gasteiger partial charge in [0, 0.05) is 18.2 Å². The Labute approximate surface area is 148 Å². The summed E-state index contributed by atoms with van der Waals surface area (Å²) < 4.78 is 10.9. The van der Waals surface area contributed by atoms with Crippen LogP contribution in [0.15, 0.2) is 34.9 Å². The van der Waals surface area contributed by atoms with Gasteiger partial charge in [-0.2, -0.15) is 0 Å². The van der Waals surface area contributed by atoms with Crippen molar-refractivity contribution < 1.29 is 13.9 Å². The Morgan fingerprint density at radius 2 is 2.16 bits per heavy atom. The zero-order valence-corrected chi connectivity index (χ0v) is 15.3. The molecule has 0 radical (unpaired) electrons. The molecule has 2 aliphatic rings. The molecule has 1 aromatic heterocycles. The molecule has 1 saturated heterocycles. The van der Waals surface area contributed by atoms with Gasteiger partial charge in [-0.1, -0.05) is 19.9 Å². The fourth-order valence-electron chi connectivity index (χ4n) is 4.70. The van der Waals surface area contributed by atoms with Gasteiger partial charge in [-0.25, -0.2) is 0 Å². The number of amides is 1. The number of hydrogen-bond acceptors (Lipinski definition) is 3. The number of nitrogens with zero attached hydrogens (tertiary/aromatic N) is 1. The molecule has 4 heteroatoms.